The van der Waals surface area contributed by atoms with Crippen LogP contribution in [0, 0.1) is 11.3 Å². The topological polar surface area (TPSA) is 71.3 Å². The van der Waals surface area contributed by atoms with E-state index in [0.717, 1.165) is 5.56 Å². The van der Waals surface area contributed by atoms with Crippen LogP contribution in [0.3, 0.4) is 0 Å². The Hall–Kier alpha value is -2.81. The largest absolute Gasteiger partial charge is 0.454 e. The van der Waals surface area contributed by atoms with Crippen LogP contribution in [0.1, 0.15) is 5.69 Å². The number of anilines is 1. The maximum Gasteiger partial charge on any atom is 0.231 e. The molecule has 0 saturated carbocycles. The number of nitriles is 1. The van der Waals surface area contributed by atoms with Gasteiger partial charge in [-0.25, -0.2) is 9.97 Å². The van der Waals surface area contributed by atoms with Crippen LogP contribution >= 0.6 is 0 Å². The van der Waals surface area contributed by atoms with Crippen molar-refractivity contribution in [1.82, 2.24) is 9.97 Å². The van der Waals surface area contributed by atoms with Crippen molar-refractivity contribution in [3.05, 3.63) is 30.0 Å². The first-order chi connectivity index (χ1) is 9.67. The number of benzene rings is 1. The van der Waals surface area contributed by atoms with E-state index in [1.54, 1.807) is 6.07 Å². The van der Waals surface area contributed by atoms with E-state index < -0.39 is 0 Å². The summed E-state index contributed by atoms with van der Waals surface area (Å²) < 4.78 is 10.6. The van der Waals surface area contributed by atoms with Gasteiger partial charge in [0.1, 0.15) is 17.6 Å². The van der Waals surface area contributed by atoms with Crippen LogP contribution < -0.4 is 14.4 Å². The number of ether oxygens (including phenoxy) is 2. The van der Waals surface area contributed by atoms with Crippen molar-refractivity contribution in [3.8, 4) is 29.0 Å². The van der Waals surface area contributed by atoms with E-state index in [1.165, 1.54) is 0 Å². The third-order valence-corrected chi connectivity index (χ3v) is 2.92. The Bertz CT molecular complexity index is 707. The molecule has 1 aliphatic heterocycles. The van der Waals surface area contributed by atoms with E-state index in [0.29, 0.717) is 28.8 Å². The van der Waals surface area contributed by atoms with Gasteiger partial charge in [0.2, 0.25) is 6.79 Å². The van der Waals surface area contributed by atoms with Crippen LogP contribution in [-0.4, -0.2) is 30.9 Å². The summed E-state index contributed by atoms with van der Waals surface area (Å²) in [7, 11) is 3.74. The van der Waals surface area contributed by atoms with Crippen LogP contribution in [0.2, 0.25) is 0 Å². The predicted molar refractivity (Wildman–Crippen MR) is 72.6 cm³/mol. The summed E-state index contributed by atoms with van der Waals surface area (Å²) in [6, 6.07) is 9.18. The lowest BCUT2D eigenvalue weighted by Gasteiger charge is -2.12. The van der Waals surface area contributed by atoms with E-state index in [2.05, 4.69) is 16.0 Å². The Labute approximate surface area is 116 Å². The van der Waals surface area contributed by atoms with Gasteiger partial charge in [-0.05, 0) is 18.2 Å². The highest BCUT2D eigenvalue weighted by Crippen LogP contribution is 2.35. The average Bonchev–Trinajstić information content (AvgIpc) is 2.94. The minimum atomic E-state index is 0.223. The fraction of sp³-hybridized carbons (Fsp3) is 0.214. The molecule has 0 unspecified atom stereocenters. The zero-order valence-electron chi connectivity index (χ0n) is 11.1. The number of nitrogens with zero attached hydrogens (tertiary/aromatic N) is 4. The first-order valence-electron chi connectivity index (χ1n) is 6.04. The number of fused-ring (bicyclic) bond motifs is 1. The fourth-order valence-electron chi connectivity index (χ4n) is 1.89. The summed E-state index contributed by atoms with van der Waals surface area (Å²) in [6.45, 7) is 0.223. The lowest BCUT2D eigenvalue weighted by molar-refractivity contribution is 0.174. The van der Waals surface area contributed by atoms with Gasteiger partial charge in [-0.15, -0.1) is 0 Å². The van der Waals surface area contributed by atoms with Crippen molar-refractivity contribution in [2.24, 2.45) is 0 Å². The summed E-state index contributed by atoms with van der Waals surface area (Å²) in [5.41, 5.74) is 1.12. The lowest BCUT2D eigenvalue weighted by atomic mass is 10.2. The third-order valence-electron chi connectivity index (χ3n) is 2.92. The van der Waals surface area contributed by atoms with Gasteiger partial charge in [-0.3, -0.25) is 0 Å². The van der Waals surface area contributed by atoms with Crippen molar-refractivity contribution in [3.63, 3.8) is 0 Å². The number of aromatic nitrogens is 2. The molecule has 0 saturated heterocycles. The van der Waals surface area contributed by atoms with E-state index in [9.17, 15) is 0 Å². The summed E-state index contributed by atoms with van der Waals surface area (Å²) in [5.74, 6) is 2.55. The molecule has 1 aromatic heterocycles. The standard InChI is InChI=1S/C14H12N4O2/c1-18(2)13-6-10(7-15)16-14(17-13)9-3-4-11-12(5-9)20-8-19-11/h3-6H,8H2,1-2H3. The highest BCUT2D eigenvalue weighted by Gasteiger charge is 2.16. The quantitative estimate of drug-likeness (QED) is 0.827. The smallest absolute Gasteiger partial charge is 0.231 e. The SMILES string of the molecule is CN(C)c1cc(C#N)nc(-c2ccc3c(c2)OCO3)n1. The molecule has 2 heterocycles. The van der Waals surface area contributed by atoms with E-state index in [1.807, 2.05) is 37.2 Å². The first kappa shape index (κ1) is 12.2. The van der Waals surface area contributed by atoms with Gasteiger partial charge in [-0.2, -0.15) is 5.26 Å². The zero-order chi connectivity index (χ0) is 14.1. The monoisotopic (exact) mass is 268 g/mol. The van der Waals surface area contributed by atoms with Gasteiger partial charge >= 0.3 is 0 Å². The molecular formula is C14H12N4O2. The van der Waals surface area contributed by atoms with Gasteiger partial charge in [0.25, 0.3) is 0 Å². The Morgan fingerprint density at radius 2 is 1.95 bits per heavy atom. The molecular weight excluding hydrogens is 256 g/mol. The van der Waals surface area contributed by atoms with Crippen molar-refractivity contribution in [2.45, 2.75) is 0 Å². The highest BCUT2D eigenvalue weighted by atomic mass is 16.7. The second kappa shape index (κ2) is 4.70. The Morgan fingerprint density at radius 3 is 2.70 bits per heavy atom. The summed E-state index contributed by atoms with van der Waals surface area (Å²) >= 11 is 0. The van der Waals surface area contributed by atoms with Crippen molar-refractivity contribution in [1.29, 1.82) is 5.26 Å². The van der Waals surface area contributed by atoms with Crippen LogP contribution in [-0.2, 0) is 0 Å². The van der Waals surface area contributed by atoms with Crippen molar-refractivity contribution < 1.29 is 9.47 Å². The molecule has 0 N–H and O–H groups in total. The molecule has 6 nitrogen and oxygen atoms in total. The minimum Gasteiger partial charge on any atom is -0.454 e. The minimum absolute atomic E-state index is 0.223. The molecule has 0 radical (unpaired) electrons. The van der Waals surface area contributed by atoms with Crippen LogP contribution in [0.15, 0.2) is 24.3 Å². The van der Waals surface area contributed by atoms with Crippen LogP contribution in [0.5, 0.6) is 11.5 Å². The molecule has 0 aliphatic carbocycles. The summed E-state index contributed by atoms with van der Waals surface area (Å²) in [6.07, 6.45) is 0. The summed E-state index contributed by atoms with van der Waals surface area (Å²) in [5, 5.41) is 9.07. The molecule has 2 aromatic rings. The predicted octanol–water partition coefficient (Wildman–Crippen LogP) is 1.81. The molecule has 1 aliphatic rings. The maximum absolute atomic E-state index is 9.07. The second-order valence-corrected chi connectivity index (χ2v) is 4.51. The third kappa shape index (κ3) is 2.10. The van der Waals surface area contributed by atoms with Gasteiger partial charge in [0.15, 0.2) is 17.3 Å². The van der Waals surface area contributed by atoms with Crippen molar-refractivity contribution >= 4 is 5.82 Å². The van der Waals surface area contributed by atoms with Crippen LogP contribution in [0.25, 0.3) is 11.4 Å². The Morgan fingerprint density at radius 1 is 1.15 bits per heavy atom. The molecule has 1 aromatic carbocycles. The number of hydrogen-bond donors (Lipinski definition) is 0. The average molecular weight is 268 g/mol. The molecule has 0 fully saturated rings. The number of hydrogen-bond acceptors (Lipinski definition) is 6. The molecule has 3 rings (SSSR count). The molecule has 20 heavy (non-hydrogen) atoms. The molecule has 0 spiro atoms. The van der Waals surface area contributed by atoms with Gasteiger partial charge in [0.05, 0.1) is 0 Å². The molecule has 0 bridgehead atoms. The molecule has 100 valence electrons. The molecule has 0 atom stereocenters. The van der Waals surface area contributed by atoms with E-state index in [-0.39, 0.29) is 6.79 Å². The van der Waals surface area contributed by atoms with E-state index >= 15 is 0 Å². The Balaban J connectivity index is 2.10. The maximum atomic E-state index is 9.07. The first-order valence-corrected chi connectivity index (χ1v) is 6.04. The van der Waals surface area contributed by atoms with Crippen LogP contribution in [0.4, 0.5) is 5.82 Å². The normalized spacial score (nSPS) is 12.1. The van der Waals surface area contributed by atoms with Gasteiger partial charge in [-0.1, -0.05) is 0 Å². The fourth-order valence-corrected chi connectivity index (χ4v) is 1.89. The second-order valence-electron chi connectivity index (χ2n) is 4.51. The molecule has 6 heteroatoms. The van der Waals surface area contributed by atoms with E-state index in [4.69, 9.17) is 14.7 Å². The summed E-state index contributed by atoms with van der Waals surface area (Å²) in [4.78, 5) is 10.5. The molecule has 0 amide bonds. The van der Waals surface area contributed by atoms with Gasteiger partial charge < -0.3 is 14.4 Å². The lowest BCUT2D eigenvalue weighted by Crippen LogP contribution is -2.12. The van der Waals surface area contributed by atoms with Crippen molar-refractivity contribution in [2.75, 3.05) is 25.8 Å². The van der Waals surface area contributed by atoms with Gasteiger partial charge in [0, 0.05) is 25.7 Å². The zero-order valence-corrected chi connectivity index (χ0v) is 11.1. The highest BCUT2D eigenvalue weighted by molar-refractivity contribution is 5.63. The number of rotatable bonds is 2. The Kier molecular flexibility index (Phi) is 2.88.